The Labute approximate surface area is 251 Å². The molecule has 1 aromatic heterocycles. The maximum atomic E-state index is 13.6. The normalized spacial score (nSPS) is 19.9. The number of ether oxygens (including phenoxy) is 2. The summed E-state index contributed by atoms with van der Waals surface area (Å²) in [6.07, 6.45) is -0.730. The third kappa shape index (κ3) is 8.94. The Morgan fingerprint density at radius 3 is 2.30 bits per heavy atom. The molecule has 0 spiro atoms. The third-order valence-corrected chi connectivity index (χ3v) is 7.29. The molecule has 43 heavy (non-hydrogen) atoms. The van der Waals surface area contributed by atoms with Gasteiger partial charge >= 0.3 is 12.1 Å². The van der Waals surface area contributed by atoms with Crippen molar-refractivity contribution in [3.8, 4) is 11.4 Å². The number of nitrogens with one attached hydrogen (secondary N) is 1. The largest absolute Gasteiger partial charge is 0.481 e. The zero-order chi connectivity index (χ0) is 30.9. The summed E-state index contributed by atoms with van der Waals surface area (Å²) in [6, 6.07) is 9.84. The Morgan fingerprint density at radius 2 is 1.67 bits per heavy atom. The van der Waals surface area contributed by atoms with Crippen LogP contribution in [-0.4, -0.2) is 118 Å². The van der Waals surface area contributed by atoms with Crippen LogP contribution < -0.4 is 5.32 Å². The van der Waals surface area contributed by atoms with E-state index in [2.05, 4.69) is 15.2 Å². The molecule has 232 valence electrons. The topological polar surface area (TPSA) is 154 Å². The van der Waals surface area contributed by atoms with Gasteiger partial charge in [0.15, 0.2) is 5.82 Å². The molecule has 3 amide bonds. The van der Waals surface area contributed by atoms with E-state index in [4.69, 9.17) is 14.5 Å². The second kappa shape index (κ2) is 14.9. The number of carbonyl (C=O) groups excluding carboxylic acids is 3. The SMILES string of the molecule is CCOC(=O)N1CCN(C(=O)C(CCC(=O)O)NC(=O)c2cc(CN3CC(C)OC(C)C3)nc(-c3ccccc3)n2)CC1. The fourth-order valence-corrected chi connectivity index (χ4v) is 5.36. The molecule has 2 saturated heterocycles. The van der Waals surface area contributed by atoms with Crippen LogP contribution in [0.1, 0.15) is 49.8 Å². The van der Waals surface area contributed by atoms with Crippen LogP contribution in [0, 0.1) is 0 Å². The first-order valence-electron chi connectivity index (χ1n) is 14.7. The molecule has 3 unspecified atom stereocenters. The minimum atomic E-state index is -1.09. The lowest BCUT2D eigenvalue weighted by atomic mass is 10.1. The number of hydrogen-bond donors (Lipinski definition) is 2. The summed E-state index contributed by atoms with van der Waals surface area (Å²) >= 11 is 0. The predicted octanol–water partition coefficient (Wildman–Crippen LogP) is 2.02. The number of piperazine rings is 1. The van der Waals surface area contributed by atoms with Gasteiger partial charge in [-0.2, -0.15) is 0 Å². The minimum Gasteiger partial charge on any atom is -0.481 e. The number of benzene rings is 1. The van der Waals surface area contributed by atoms with Crippen molar-refractivity contribution in [2.45, 2.75) is 58.4 Å². The van der Waals surface area contributed by atoms with Crippen molar-refractivity contribution < 1.29 is 33.8 Å². The van der Waals surface area contributed by atoms with Gasteiger partial charge < -0.3 is 29.7 Å². The fourth-order valence-electron chi connectivity index (χ4n) is 5.36. The van der Waals surface area contributed by atoms with E-state index in [0.29, 0.717) is 31.2 Å². The molecule has 2 aliphatic rings. The molecule has 2 aromatic rings. The number of nitrogens with zero attached hydrogens (tertiary/aromatic N) is 5. The van der Waals surface area contributed by atoms with Crippen molar-refractivity contribution in [2.24, 2.45) is 0 Å². The summed E-state index contributed by atoms with van der Waals surface area (Å²) in [5, 5.41) is 12.1. The van der Waals surface area contributed by atoms with Crippen molar-refractivity contribution in [3.05, 3.63) is 47.8 Å². The Balaban J connectivity index is 1.54. The highest BCUT2D eigenvalue weighted by Gasteiger charge is 2.31. The highest BCUT2D eigenvalue weighted by Crippen LogP contribution is 2.19. The average molecular weight is 597 g/mol. The van der Waals surface area contributed by atoms with Crippen LogP contribution in [0.15, 0.2) is 36.4 Å². The maximum absolute atomic E-state index is 13.6. The molecule has 0 bridgehead atoms. The molecule has 3 atom stereocenters. The molecule has 1 aromatic carbocycles. The van der Waals surface area contributed by atoms with E-state index in [-0.39, 0.29) is 63.5 Å². The van der Waals surface area contributed by atoms with E-state index in [1.165, 1.54) is 9.80 Å². The molecular formula is C30H40N6O7. The summed E-state index contributed by atoms with van der Waals surface area (Å²) in [7, 11) is 0. The van der Waals surface area contributed by atoms with Gasteiger partial charge in [-0.3, -0.25) is 19.3 Å². The van der Waals surface area contributed by atoms with E-state index >= 15 is 0 Å². The van der Waals surface area contributed by atoms with Crippen LogP contribution in [0.4, 0.5) is 4.79 Å². The van der Waals surface area contributed by atoms with Gasteiger partial charge in [0, 0.05) is 57.8 Å². The number of aliphatic carboxylic acids is 1. The summed E-state index contributed by atoms with van der Waals surface area (Å²) in [5.74, 6) is -1.71. The van der Waals surface area contributed by atoms with Gasteiger partial charge in [-0.15, -0.1) is 0 Å². The van der Waals surface area contributed by atoms with Crippen LogP contribution in [0.25, 0.3) is 11.4 Å². The lowest BCUT2D eigenvalue weighted by Crippen LogP contribution is -2.56. The minimum absolute atomic E-state index is 0.0575. The summed E-state index contributed by atoms with van der Waals surface area (Å²) in [6.45, 7) is 8.95. The van der Waals surface area contributed by atoms with Crippen molar-refractivity contribution in [3.63, 3.8) is 0 Å². The molecule has 0 aliphatic carbocycles. The zero-order valence-corrected chi connectivity index (χ0v) is 24.9. The van der Waals surface area contributed by atoms with Gasteiger partial charge in [0.05, 0.1) is 24.5 Å². The van der Waals surface area contributed by atoms with Crippen LogP contribution in [0.3, 0.4) is 0 Å². The van der Waals surface area contributed by atoms with E-state index in [1.807, 2.05) is 44.2 Å². The van der Waals surface area contributed by atoms with Gasteiger partial charge in [-0.1, -0.05) is 30.3 Å². The number of rotatable bonds is 10. The molecule has 2 fully saturated rings. The summed E-state index contributed by atoms with van der Waals surface area (Å²) < 4.78 is 10.9. The molecule has 13 heteroatoms. The second-order valence-electron chi connectivity index (χ2n) is 10.9. The van der Waals surface area contributed by atoms with Crippen molar-refractivity contribution in [1.82, 2.24) is 30.0 Å². The van der Waals surface area contributed by atoms with Gasteiger partial charge in [0.25, 0.3) is 5.91 Å². The van der Waals surface area contributed by atoms with Crippen LogP contribution in [0.2, 0.25) is 0 Å². The molecule has 2 N–H and O–H groups in total. The summed E-state index contributed by atoms with van der Waals surface area (Å²) in [4.78, 5) is 65.1. The molecular weight excluding hydrogens is 556 g/mol. The lowest BCUT2D eigenvalue weighted by Gasteiger charge is -2.36. The Morgan fingerprint density at radius 1 is 1.02 bits per heavy atom. The first-order valence-corrected chi connectivity index (χ1v) is 14.7. The number of hydrogen-bond acceptors (Lipinski definition) is 9. The van der Waals surface area contributed by atoms with E-state index in [0.717, 1.165) is 5.56 Å². The first kappa shape index (κ1) is 31.8. The number of carboxylic acids is 1. The number of morpholine rings is 1. The fraction of sp³-hybridized carbons (Fsp3) is 0.533. The van der Waals surface area contributed by atoms with E-state index in [9.17, 15) is 24.3 Å². The van der Waals surface area contributed by atoms with Gasteiger partial charge in [-0.05, 0) is 33.3 Å². The number of carboxylic acid groups (broad SMARTS) is 1. The van der Waals surface area contributed by atoms with Gasteiger partial charge in [0.2, 0.25) is 5.91 Å². The molecule has 0 radical (unpaired) electrons. The van der Waals surface area contributed by atoms with Crippen LogP contribution >= 0.6 is 0 Å². The summed E-state index contributed by atoms with van der Waals surface area (Å²) in [5.41, 5.74) is 1.46. The Hall–Kier alpha value is -4.10. The third-order valence-electron chi connectivity index (χ3n) is 7.29. The number of carbonyl (C=O) groups is 4. The van der Waals surface area contributed by atoms with Crippen molar-refractivity contribution in [1.29, 1.82) is 0 Å². The quantitative estimate of drug-likeness (QED) is 0.416. The predicted molar refractivity (Wildman–Crippen MR) is 156 cm³/mol. The molecule has 2 aliphatic heterocycles. The van der Waals surface area contributed by atoms with E-state index in [1.54, 1.807) is 13.0 Å². The first-order chi connectivity index (χ1) is 20.6. The molecule has 0 saturated carbocycles. The maximum Gasteiger partial charge on any atom is 0.409 e. The lowest BCUT2D eigenvalue weighted by molar-refractivity contribution is -0.138. The average Bonchev–Trinajstić information content (AvgIpc) is 2.98. The number of aromatic nitrogens is 2. The second-order valence-corrected chi connectivity index (χ2v) is 10.9. The Kier molecular flexibility index (Phi) is 11.0. The highest BCUT2D eigenvalue weighted by molar-refractivity contribution is 5.96. The highest BCUT2D eigenvalue weighted by atomic mass is 16.6. The van der Waals surface area contributed by atoms with Crippen LogP contribution in [0.5, 0.6) is 0 Å². The molecule has 13 nitrogen and oxygen atoms in total. The molecule has 4 rings (SSSR count). The van der Waals surface area contributed by atoms with Gasteiger partial charge in [-0.25, -0.2) is 14.8 Å². The van der Waals surface area contributed by atoms with Crippen molar-refractivity contribution in [2.75, 3.05) is 45.9 Å². The van der Waals surface area contributed by atoms with Crippen LogP contribution in [-0.2, 0) is 25.6 Å². The van der Waals surface area contributed by atoms with Gasteiger partial charge in [0.1, 0.15) is 11.7 Å². The smallest absolute Gasteiger partial charge is 0.409 e. The van der Waals surface area contributed by atoms with Crippen molar-refractivity contribution >= 4 is 23.9 Å². The standard InChI is InChI=1S/C30H40N6O7/c1-4-42-30(41)36-14-12-35(13-15-36)29(40)24(10-11-26(37)38)33-28(39)25-16-23(19-34-17-20(2)43-21(3)18-34)31-27(32-25)22-8-6-5-7-9-22/h5-9,16,20-21,24H,4,10-15,17-19H2,1-3H3,(H,33,39)(H,37,38). The Bertz CT molecular complexity index is 1280. The molecule has 3 heterocycles. The zero-order valence-electron chi connectivity index (χ0n) is 24.9. The number of amides is 3. The monoisotopic (exact) mass is 596 g/mol. The van der Waals surface area contributed by atoms with E-state index < -0.39 is 29.9 Å².